The van der Waals surface area contributed by atoms with Crippen LogP contribution in [0.5, 0.6) is 5.75 Å². The van der Waals surface area contributed by atoms with E-state index in [0.717, 1.165) is 22.6 Å². The van der Waals surface area contributed by atoms with E-state index in [2.05, 4.69) is 4.98 Å². The SMILES string of the molecule is COc1cc(C(Cl)Cc2ccccn2)ccc1C. The molecule has 0 fully saturated rings. The van der Waals surface area contributed by atoms with Crippen LogP contribution >= 0.6 is 11.6 Å². The molecule has 0 aliphatic rings. The number of alkyl halides is 1. The first-order valence-corrected chi connectivity index (χ1v) is 6.33. The van der Waals surface area contributed by atoms with Gasteiger partial charge in [0.15, 0.2) is 0 Å². The van der Waals surface area contributed by atoms with Crippen LogP contribution in [-0.4, -0.2) is 12.1 Å². The molecular weight excluding hydrogens is 246 g/mol. The lowest BCUT2D eigenvalue weighted by Crippen LogP contribution is -1.99. The van der Waals surface area contributed by atoms with Crippen LogP contribution in [0.3, 0.4) is 0 Å². The van der Waals surface area contributed by atoms with Crippen molar-refractivity contribution in [2.75, 3.05) is 7.11 Å². The molecule has 0 aliphatic carbocycles. The van der Waals surface area contributed by atoms with Gasteiger partial charge < -0.3 is 4.74 Å². The largest absolute Gasteiger partial charge is 0.496 e. The zero-order chi connectivity index (χ0) is 13.0. The third kappa shape index (κ3) is 3.02. The highest BCUT2D eigenvalue weighted by atomic mass is 35.5. The van der Waals surface area contributed by atoms with Crippen molar-refractivity contribution in [3.8, 4) is 5.75 Å². The zero-order valence-corrected chi connectivity index (χ0v) is 11.3. The molecule has 18 heavy (non-hydrogen) atoms. The van der Waals surface area contributed by atoms with Crippen molar-refractivity contribution in [2.45, 2.75) is 18.7 Å². The number of methoxy groups -OCH3 is 1. The summed E-state index contributed by atoms with van der Waals surface area (Å²) >= 11 is 6.43. The summed E-state index contributed by atoms with van der Waals surface area (Å²) in [5, 5.41) is -0.0885. The Morgan fingerprint density at radius 3 is 2.78 bits per heavy atom. The van der Waals surface area contributed by atoms with E-state index in [1.54, 1.807) is 13.3 Å². The molecule has 0 spiro atoms. The van der Waals surface area contributed by atoms with Gasteiger partial charge in [0.2, 0.25) is 0 Å². The van der Waals surface area contributed by atoms with E-state index >= 15 is 0 Å². The van der Waals surface area contributed by atoms with Gasteiger partial charge in [-0.25, -0.2) is 0 Å². The quantitative estimate of drug-likeness (QED) is 0.779. The van der Waals surface area contributed by atoms with Crippen molar-refractivity contribution >= 4 is 11.6 Å². The van der Waals surface area contributed by atoms with Crippen LogP contribution < -0.4 is 4.74 Å². The van der Waals surface area contributed by atoms with Crippen LogP contribution in [0.4, 0.5) is 0 Å². The first-order chi connectivity index (χ1) is 8.70. The molecule has 1 aromatic carbocycles. The smallest absolute Gasteiger partial charge is 0.122 e. The highest BCUT2D eigenvalue weighted by Crippen LogP contribution is 2.29. The molecule has 2 aromatic rings. The highest BCUT2D eigenvalue weighted by molar-refractivity contribution is 6.20. The zero-order valence-electron chi connectivity index (χ0n) is 10.6. The molecule has 3 heteroatoms. The lowest BCUT2D eigenvalue weighted by Gasteiger charge is -2.12. The summed E-state index contributed by atoms with van der Waals surface area (Å²) in [5.74, 6) is 0.874. The van der Waals surface area contributed by atoms with Gasteiger partial charge in [0, 0.05) is 18.3 Å². The number of hydrogen-bond acceptors (Lipinski definition) is 2. The molecule has 1 heterocycles. The van der Waals surface area contributed by atoms with Crippen molar-refractivity contribution in [3.63, 3.8) is 0 Å². The number of aromatic nitrogens is 1. The van der Waals surface area contributed by atoms with E-state index in [1.165, 1.54) is 0 Å². The monoisotopic (exact) mass is 261 g/mol. The molecule has 0 N–H and O–H groups in total. The predicted molar refractivity (Wildman–Crippen MR) is 74.3 cm³/mol. The van der Waals surface area contributed by atoms with Crippen molar-refractivity contribution in [1.82, 2.24) is 4.98 Å². The van der Waals surface area contributed by atoms with Gasteiger partial charge in [-0.1, -0.05) is 18.2 Å². The lowest BCUT2D eigenvalue weighted by molar-refractivity contribution is 0.411. The second-order valence-corrected chi connectivity index (χ2v) is 4.75. The summed E-state index contributed by atoms with van der Waals surface area (Å²) < 4.78 is 5.31. The third-order valence-corrected chi connectivity index (χ3v) is 3.31. The topological polar surface area (TPSA) is 22.1 Å². The number of halogens is 1. The molecule has 0 bridgehead atoms. The van der Waals surface area contributed by atoms with Crippen LogP contribution in [0.1, 0.15) is 22.2 Å². The fraction of sp³-hybridized carbons (Fsp3) is 0.267. The molecule has 1 aromatic heterocycles. The predicted octanol–water partition coefficient (Wildman–Crippen LogP) is 3.92. The molecule has 2 nitrogen and oxygen atoms in total. The maximum atomic E-state index is 6.43. The highest BCUT2D eigenvalue weighted by Gasteiger charge is 2.11. The summed E-state index contributed by atoms with van der Waals surface area (Å²) in [7, 11) is 1.67. The van der Waals surface area contributed by atoms with E-state index in [4.69, 9.17) is 16.3 Å². The van der Waals surface area contributed by atoms with E-state index in [9.17, 15) is 0 Å². The van der Waals surface area contributed by atoms with Crippen LogP contribution in [0.2, 0.25) is 0 Å². The van der Waals surface area contributed by atoms with Gasteiger partial charge in [0.1, 0.15) is 5.75 Å². The van der Waals surface area contributed by atoms with Crippen molar-refractivity contribution in [3.05, 3.63) is 59.4 Å². The summed E-state index contributed by atoms with van der Waals surface area (Å²) in [6, 6.07) is 11.9. The molecule has 94 valence electrons. The van der Waals surface area contributed by atoms with Gasteiger partial charge in [-0.3, -0.25) is 4.98 Å². The van der Waals surface area contributed by atoms with E-state index in [-0.39, 0.29) is 5.38 Å². The molecule has 0 saturated heterocycles. The van der Waals surface area contributed by atoms with Crippen molar-refractivity contribution in [1.29, 1.82) is 0 Å². The Labute approximate surface area is 113 Å². The Balaban J connectivity index is 2.16. The van der Waals surface area contributed by atoms with Gasteiger partial charge in [0.25, 0.3) is 0 Å². The first-order valence-electron chi connectivity index (χ1n) is 5.89. The van der Waals surface area contributed by atoms with E-state index in [1.807, 2.05) is 43.3 Å². The number of hydrogen-bond donors (Lipinski definition) is 0. The molecule has 0 amide bonds. The number of benzene rings is 1. The fourth-order valence-electron chi connectivity index (χ4n) is 1.85. The van der Waals surface area contributed by atoms with Crippen LogP contribution in [-0.2, 0) is 6.42 Å². The molecule has 1 unspecified atom stereocenters. The van der Waals surface area contributed by atoms with Gasteiger partial charge >= 0.3 is 0 Å². The number of ether oxygens (including phenoxy) is 1. The average molecular weight is 262 g/mol. The molecule has 2 rings (SSSR count). The van der Waals surface area contributed by atoms with Gasteiger partial charge in [-0.15, -0.1) is 11.6 Å². The number of nitrogens with zero attached hydrogens (tertiary/aromatic N) is 1. The second kappa shape index (κ2) is 5.87. The lowest BCUT2D eigenvalue weighted by atomic mass is 10.0. The normalized spacial score (nSPS) is 12.2. The Kier molecular flexibility index (Phi) is 4.21. The summed E-state index contributed by atoms with van der Waals surface area (Å²) in [6.45, 7) is 2.02. The standard InChI is InChI=1S/C15H16ClNO/c1-11-6-7-12(9-15(11)18-2)14(16)10-13-5-3-4-8-17-13/h3-9,14H,10H2,1-2H3. The van der Waals surface area contributed by atoms with Crippen LogP contribution in [0.25, 0.3) is 0 Å². The summed E-state index contributed by atoms with van der Waals surface area (Å²) in [5.41, 5.74) is 3.17. The summed E-state index contributed by atoms with van der Waals surface area (Å²) in [6.07, 6.45) is 2.50. The third-order valence-electron chi connectivity index (χ3n) is 2.91. The Bertz CT molecular complexity index is 513. The van der Waals surface area contributed by atoms with Gasteiger partial charge in [0.05, 0.1) is 12.5 Å². The first kappa shape index (κ1) is 12.9. The second-order valence-electron chi connectivity index (χ2n) is 4.22. The Morgan fingerprint density at radius 1 is 1.28 bits per heavy atom. The van der Waals surface area contributed by atoms with Crippen LogP contribution in [0.15, 0.2) is 42.6 Å². The van der Waals surface area contributed by atoms with Crippen molar-refractivity contribution < 1.29 is 4.74 Å². The van der Waals surface area contributed by atoms with E-state index < -0.39 is 0 Å². The number of pyridine rings is 1. The van der Waals surface area contributed by atoms with Crippen LogP contribution in [0, 0.1) is 6.92 Å². The maximum absolute atomic E-state index is 6.43. The Morgan fingerprint density at radius 2 is 2.11 bits per heavy atom. The minimum atomic E-state index is -0.0885. The fourth-order valence-corrected chi connectivity index (χ4v) is 2.15. The summed E-state index contributed by atoms with van der Waals surface area (Å²) in [4.78, 5) is 4.29. The van der Waals surface area contributed by atoms with Gasteiger partial charge in [-0.2, -0.15) is 0 Å². The maximum Gasteiger partial charge on any atom is 0.122 e. The number of rotatable bonds is 4. The molecule has 0 radical (unpaired) electrons. The minimum Gasteiger partial charge on any atom is -0.496 e. The molecular formula is C15H16ClNO. The molecule has 0 saturated carbocycles. The molecule has 1 atom stereocenters. The Hall–Kier alpha value is -1.54. The number of aryl methyl sites for hydroxylation is 1. The van der Waals surface area contributed by atoms with E-state index in [0.29, 0.717) is 6.42 Å². The average Bonchev–Trinajstić information content (AvgIpc) is 2.40. The van der Waals surface area contributed by atoms with Gasteiger partial charge in [-0.05, 0) is 36.2 Å². The molecule has 0 aliphatic heterocycles. The van der Waals surface area contributed by atoms with Crippen molar-refractivity contribution in [2.24, 2.45) is 0 Å². The minimum absolute atomic E-state index is 0.0885.